The van der Waals surface area contributed by atoms with Gasteiger partial charge in [-0.25, -0.2) is 0 Å². The molecule has 3 rings (SSSR count). The highest BCUT2D eigenvalue weighted by Gasteiger charge is 2.33. The normalized spacial score (nSPS) is 27.1. The Balaban J connectivity index is 1.93. The van der Waals surface area contributed by atoms with Crippen LogP contribution in [0.3, 0.4) is 0 Å². The molecule has 2 aliphatic rings. The van der Waals surface area contributed by atoms with E-state index in [9.17, 15) is 5.21 Å². The first-order chi connectivity index (χ1) is 8.90. The van der Waals surface area contributed by atoms with Crippen LogP contribution in [0.4, 0.5) is 0 Å². The Labute approximate surface area is 108 Å². The van der Waals surface area contributed by atoms with Crippen molar-refractivity contribution in [3.8, 4) is 0 Å². The minimum Gasteiger partial charge on any atom is -0.411 e. The van der Waals surface area contributed by atoms with Crippen molar-refractivity contribution in [1.82, 2.24) is 4.90 Å². The number of hydrogen-bond acceptors (Lipinski definition) is 3. The van der Waals surface area contributed by atoms with Crippen LogP contribution in [-0.4, -0.2) is 28.9 Å². The topological polar surface area (TPSA) is 35.8 Å². The molecule has 1 saturated heterocycles. The third-order valence-corrected chi connectivity index (χ3v) is 4.17. The van der Waals surface area contributed by atoms with Gasteiger partial charge in [-0.2, -0.15) is 0 Å². The SMILES string of the molecule is O/N=C1\Cc2ccccc2[C@H]1N1CCCCCC1. The molecule has 3 heteroatoms. The van der Waals surface area contributed by atoms with Gasteiger partial charge in [0.1, 0.15) is 0 Å². The van der Waals surface area contributed by atoms with E-state index in [1.54, 1.807) is 0 Å². The number of nitrogens with zero attached hydrogens (tertiary/aromatic N) is 2. The summed E-state index contributed by atoms with van der Waals surface area (Å²) >= 11 is 0. The van der Waals surface area contributed by atoms with Gasteiger partial charge >= 0.3 is 0 Å². The molecule has 1 N–H and O–H groups in total. The lowest BCUT2D eigenvalue weighted by molar-refractivity contribution is 0.246. The summed E-state index contributed by atoms with van der Waals surface area (Å²) in [5, 5.41) is 12.8. The number of fused-ring (bicyclic) bond motifs is 1. The van der Waals surface area contributed by atoms with Crippen molar-refractivity contribution in [2.24, 2.45) is 5.16 Å². The minimum absolute atomic E-state index is 0.212. The molecule has 96 valence electrons. The van der Waals surface area contributed by atoms with Gasteiger partial charge in [-0.15, -0.1) is 0 Å². The molecule has 1 atom stereocenters. The largest absolute Gasteiger partial charge is 0.411 e. The molecule has 0 amide bonds. The van der Waals surface area contributed by atoms with E-state index >= 15 is 0 Å². The van der Waals surface area contributed by atoms with Crippen molar-refractivity contribution < 1.29 is 5.21 Å². The Kier molecular flexibility index (Phi) is 3.33. The number of rotatable bonds is 1. The molecule has 1 aromatic rings. The minimum atomic E-state index is 0.212. The fourth-order valence-corrected chi connectivity index (χ4v) is 3.28. The lowest BCUT2D eigenvalue weighted by Gasteiger charge is -2.28. The van der Waals surface area contributed by atoms with Crippen LogP contribution in [0.1, 0.15) is 42.9 Å². The summed E-state index contributed by atoms with van der Waals surface area (Å²) in [7, 11) is 0. The lowest BCUT2D eigenvalue weighted by Crippen LogP contribution is -2.32. The second-order valence-electron chi connectivity index (χ2n) is 5.32. The lowest BCUT2D eigenvalue weighted by atomic mass is 10.1. The average Bonchev–Trinajstić information content (AvgIpc) is 2.59. The van der Waals surface area contributed by atoms with E-state index in [1.165, 1.54) is 36.8 Å². The molecule has 0 spiro atoms. The van der Waals surface area contributed by atoms with Crippen molar-refractivity contribution in [1.29, 1.82) is 0 Å². The van der Waals surface area contributed by atoms with Gasteiger partial charge in [-0.05, 0) is 37.1 Å². The number of hydrogen-bond donors (Lipinski definition) is 1. The smallest absolute Gasteiger partial charge is 0.0831 e. The van der Waals surface area contributed by atoms with E-state index in [-0.39, 0.29) is 6.04 Å². The number of benzene rings is 1. The Hall–Kier alpha value is -1.35. The summed E-state index contributed by atoms with van der Waals surface area (Å²) in [6, 6.07) is 8.70. The second-order valence-corrected chi connectivity index (χ2v) is 5.32. The van der Waals surface area contributed by atoms with Crippen molar-refractivity contribution >= 4 is 5.71 Å². The van der Waals surface area contributed by atoms with Gasteiger partial charge in [-0.3, -0.25) is 4.90 Å². The Bertz CT molecular complexity index is 448. The Morgan fingerprint density at radius 1 is 1.06 bits per heavy atom. The summed E-state index contributed by atoms with van der Waals surface area (Å²) < 4.78 is 0. The van der Waals surface area contributed by atoms with Crippen molar-refractivity contribution in [2.75, 3.05) is 13.1 Å². The predicted octanol–water partition coefficient (Wildman–Crippen LogP) is 2.99. The third-order valence-electron chi connectivity index (χ3n) is 4.17. The van der Waals surface area contributed by atoms with Gasteiger partial charge < -0.3 is 5.21 Å². The van der Waals surface area contributed by atoms with Gasteiger partial charge in [0, 0.05) is 6.42 Å². The van der Waals surface area contributed by atoms with E-state index < -0.39 is 0 Å². The molecule has 1 heterocycles. The summed E-state index contributed by atoms with van der Waals surface area (Å²) in [5.74, 6) is 0. The molecule has 0 saturated carbocycles. The van der Waals surface area contributed by atoms with Crippen LogP contribution in [0.25, 0.3) is 0 Å². The van der Waals surface area contributed by atoms with Gasteiger partial charge in [-0.1, -0.05) is 42.3 Å². The van der Waals surface area contributed by atoms with Crippen molar-refractivity contribution in [2.45, 2.75) is 38.1 Å². The van der Waals surface area contributed by atoms with Crippen LogP contribution in [-0.2, 0) is 6.42 Å². The standard InChI is InChI=1S/C15H20N2O/c18-16-14-11-12-7-3-4-8-13(12)15(14)17-9-5-1-2-6-10-17/h3-4,7-8,15,18H,1-2,5-6,9-11H2/b16-14+/t15-/m1/s1. The maximum Gasteiger partial charge on any atom is 0.0831 e. The van der Waals surface area contributed by atoms with Gasteiger partial charge in [0.2, 0.25) is 0 Å². The van der Waals surface area contributed by atoms with Crippen LogP contribution in [0.2, 0.25) is 0 Å². The van der Waals surface area contributed by atoms with Crippen molar-refractivity contribution in [3.63, 3.8) is 0 Å². The number of oxime groups is 1. The molecule has 0 radical (unpaired) electrons. The van der Waals surface area contributed by atoms with E-state index in [4.69, 9.17) is 0 Å². The fourth-order valence-electron chi connectivity index (χ4n) is 3.28. The highest BCUT2D eigenvalue weighted by Crippen LogP contribution is 2.34. The first-order valence-corrected chi connectivity index (χ1v) is 6.93. The average molecular weight is 244 g/mol. The maximum absolute atomic E-state index is 9.27. The zero-order valence-corrected chi connectivity index (χ0v) is 10.7. The van der Waals surface area contributed by atoms with Crippen LogP contribution in [0, 0.1) is 0 Å². The molecule has 1 aliphatic carbocycles. The van der Waals surface area contributed by atoms with E-state index in [1.807, 2.05) is 0 Å². The third kappa shape index (κ3) is 2.03. The Morgan fingerprint density at radius 3 is 2.50 bits per heavy atom. The Morgan fingerprint density at radius 2 is 1.78 bits per heavy atom. The first kappa shape index (κ1) is 11.7. The van der Waals surface area contributed by atoms with E-state index in [2.05, 4.69) is 34.3 Å². The monoisotopic (exact) mass is 244 g/mol. The highest BCUT2D eigenvalue weighted by atomic mass is 16.4. The zero-order valence-electron chi connectivity index (χ0n) is 10.7. The summed E-state index contributed by atoms with van der Waals surface area (Å²) in [4.78, 5) is 2.49. The molecule has 1 aliphatic heterocycles. The van der Waals surface area contributed by atoms with E-state index in [0.717, 1.165) is 25.2 Å². The molecular weight excluding hydrogens is 224 g/mol. The van der Waals surface area contributed by atoms with Gasteiger partial charge in [0.25, 0.3) is 0 Å². The quantitative estimate of drug-likeness (QED) is 0.609. The molecule has 18 heavy (non-hydrogen) atoms. The molecule has 0 aromatic heterocycles. The van der Waals surface area contributed by atoms with Crippen molar-refractivity contribution in [3.05, 3.63) is 35.4 Å². The fraction of sp³-hybridized carbons (Fsp3) is 0.533. The summed E-state index contributed by atoms with van der Waals surface area (Å²) in [6.07, 6.45) is 5.98. The highest BCUT2D eigenvalue weighted by molar-refractivity contribution is 5.96. The van der Waals surface area contributed by atoms with Crippen LogP contribution in [0.5, 0.6) is 0 Å². The first-order valence-electron chi connectivity index (χ1n) is 6.93. The van der Waals surface area contributed by atoms with Crippen LogP contribution < -0.4 is 0 Å². The van der Waals surface area contributed by atoms with E-state index in [0.29, 0.717) is 0 Å². The maximum atomic E-state index is 9.27. The summed E-state index contributed by atoms with van der Waals surface area (Å²) in [6.45, 7) is 2.25. The molecule has 0 bridgehead atoms. The zero-order chi connectivity index (χ0) is 12.4. The predicted molar refractivity (Wildman–Crippen MR) is 72.1 cm³/mol. The number of likely N-dealkylation sites (tertiary alicyclic amines) is 1. The van der Waals surface area contributed by atoms with Gasteiger partial charge in [0.15, 0.2) is 0 Å². The van der Waals surface area contributed by atoms with Crippen LogP contribution in [0.15, 0.2) is 29.4 Å². The molecule has 1 fully saturated rings. The van der Waals surface area contributed by atoms with Gasteiger partial charge in [0.05, 0.1) is 11.8 Å². The molecular formula is C15H20N2O. The molecule has 1 aromatic carbocycles. The molecule has 3 nitrogen and oxygen atoms in total. The van der Waals surface area contributed by atoms with Crippen LogP contribution >= 0.6 is 0 Å². The second kappa shape index (κ2) is 5.11. The summed E-state index contributed by atoms with van der Waals surface area (Å²) in [5.41, 5.74) is 3.57. The molecule has 0 unspecified atom stereocenters.